The lowest BCUT2D eigenvalue weighted by Gasteiger charge is -2.16. The molecular formula is C18H30O5. The minimum atomic E-state index is -0.252. The fourth-order valence-corrected chi connectivity index (χ4v) is 1.82. The van der Waals surface area contributed by atoms with E-state index in [1.165, 1.54) is 0 Å². The number of rotatable bonds is 14. The summed E-state index contributed by atoms with van der Waals surface area (Å²) in [6.45, 7) is 7.20. The van der Waals surface area contributed by atoms with Crippen LogP contribution in [0.2, 0.25) is 0 Å². The van der Waals surface area contributed by atoms with Crippen molar-refractivity contribution in [2.24, 2.45) is 5.92 Å². The zero-order valence-corrected chi connectivity index (χ0v) is 14.5. The van der Waals surface area contributed by atoms with Crippen LogP contribution in [-0.4, -0.2) is 46.2 Å². The number of unbranched alkanes of at least 4 members (excludes halogenated alkanes) is 1. The molecule has 1 aromatic carbocycles. The van der Waals surface area contributed by atoms with E-state index in [0.717, 1.165) is 31.8 Å². The minimum absolute atomic E-state index is 0.252. The molecule has 5 heteroatoms. The van der Waals surface area contributed by atoms with Crippen LogP contribution in [0.5, 0.6) is 5.75 Å². The van der Waals surface area contributed by atoms with Gasteiger partial charge in [0, 0.05) is 20.3 Å². The molecule has 0 saturated carbocycles. The van der Waals surface area contributed by atoms with Gasteiger partial charge in [-0.3, -0.25) is 0 Å². The van der Waals surface area contributed by atoms with E-state index in [1.807, 2.05) is 30.3 Å². The molecule has 132 valence electrons. The predicted molar refractivity (Wildman–Crippen MR) is 89.5 cm³/mol. The first-order valence-corrected chi connectivity index (χ1v) is 8.25. The second-order valence-corrected chi connectivity index (χ2v) is 5.80. The maximum absolute atomic E-state index is 5.65. The Bertz CT molecular complexity index is 369. The molecular weight excluding hydrogens is 296 g/mol. The van der Waals surface area contributed by atoms with Crippen LogP contribution < -0.4 is 4.74 Å². The molecule has 0 bridgehead atoms. The summed E-state index contributed by atoms with van der Waals surface area (Å²) in [5, 5.41) is 0. The Hall–Kier alpha value is -1.14. The molecule has 1 rings (SSSR count). The Morgan fingerprint density at radius 3 is 2.35 bits per heavy atom. The number of ether oxygens (including phenoxy) is 3. The molecule has 0 amide bonds. The summed E-state index contributed by atoms with van der Waals surface area (Å²) in [7, 11) is 1.63. The van der Waals surface area contributed by atoms with Crippen molar-refractivity contribution in [2.45, 2.75) is 32.8 Å². The lowest BCUT2D eigenvalue weighted by Crippen LogP contribution is -2.27. The molecule has 0 heterocycles. The Morgan fingerprint density at radius 1 is 0.913 bits per heavy atom. The smallest absolute Gasteiger partial charge is 0.150 e. The molecule has 1 unspecified atom stereocenters. The number of benzene rings is 1. The number of para-hydroxylation sites is 1. The predicted octanol–water partition coefficient (Wildman–Crippen LogP) is 3.48. The van der Waals surface area contributed by atoms with Crippen molar-refractivity contribution in [1.29, 1.82) is 0 Å². The highest BCUT2D eigenvalue weighted by Crippen LogP contribution is 2.09. The van der Waals surface area contributed by atoms with Crippen LogP contribution in [0.1, 0.15) is 26.7 Å². The van der Waals surface area contributed by atoms with Crippen LogP contribution in [0.3, 0.4) is 0 Å². The number of hydrogen-bond acceptors (Lipinski definition) is 5. The first kappa shape index (κ1) is 19.9. The van der Waals surface area contributed by atoms with E-state index in [9.17, 15) is 0 Å². The van der Waals surface area contributed by atoms with Gasteiger partial charge < -0.3 is 14.2 Å². The van der Waals surface area contributed by atoms with E-state index in [1.54, 1.807) is 7.11 Å². The molecule has 0 N–H and O–H groups in total. The highest BCUT2D eigenvalue weighted by atomic mass is 17.2. The van der Waals surface area contributed by atoms with Crippen LogP contribution >= 0.6 is 0 Å². The molecule has 23 heavy (non-hydrogen) atoms. The average Bonchev–Trinajstić information content (AvgIpc) is 2.55. The molecule has 1 aromatic rings. The molecule has 0 spiro atoms. The second kappa shape index (κ2) is 13.3. The van der Waals surface area contributed by atoms with Crippen molar-refractivity contribution in [3.8, 4) is 5.75 Å². The normalized spacial score (nSPS) is 12.5. The van der Waals surface area contributed by atoms with Crippen LogP contribution in [-0.2, 0) is 19.2 Å². The van der Waals surface area contributed by atoms with Gasteiger partial charge in [-0.15, -0.1) is 0 Å². The Morgan fingerprint density at radius 2 is 1.65 bits per heavy atom. The highest BCUT2D eigenvalue weighted by molar-refractivity contribution is 5.20. The van der Waals surface area contributed by atoms with Crippen molar-refractivity contribution >= 4 is 0 Å². The summed E-state index contributed by atoms with van der Waals surface area (Å²) in [6, 6.07) is 9.62. The lowest BCUT2D eigenvalue weighted by atomic mass is 10.2. The standard InChI is InChI=1S/C18H30O5/c1-16(2)13-20-11-7-8-12-22-23-18(14-19-3)15-21-17-9-5-4-6-10-17/h4-6,9-10,16,18H,7-8,11-15H2,1-3H3. The molecule has 0 aliphatic rings. The van der Waals surface area contributed by atoms with Crippen LogP contribution in [0, 0.1) is 5.92 Å². The first-order chi connectivity index (χ1) is 11.2. The summed E-state index contributed by atoms with van der Waals surface area (Å²) in [6.07, 6.45) is 1.61. The monoisotopic (exact) mass is 326 g/mol. The summed E-state index contributed by atoms with van der Waals surface area (Å²) in [5.74, 6) is 1.38. The van der Waals surface area contributed by atoms with Crippen molar-refractivity contribution in [3.63, 3.8) is 0 Å². The molecule has 5 nitrogen and oxygen atoms in total. The maximum atomic E-state index is 5.65. The highest BCUT2D eigenvalue weighted by Gasteiger charge is 2.11. The van der Waals surface area contributed by atoms with E-state index >= 15 is 0 Å². The average molecular weight is 326 g/mol. The molecule has 0 fully saturated rings. The molecule has 0 aromatic heterocycles. The largest absolute Gasteiger partial charge is 0.491 e. The number of hydrogen-bond donors (Lipinski definition) is 0. The zero-order valence-electron chi connectivity index (χ0n) is 14.5. The third-order valence-corrected chi connectivity index (χ3v) is 2.95. The fraction of sp³-hybridized carbons (Fsp3) is 0.667. The first-order valence-electron chi connectivity index (χ1n) is 8.25. The van der Waals surface area contributed by atoms with Crippen molar-refractivity contribution in [3.05, 3.63) is 30.3 Å². The van der Waals surface area contributed by atoms with Gasteiger partial charge >= 0.3 is 0 Å². The van der Waals surface area contributed by atoms with E-state index in [0.29, 0.717) is 25.7 Å². The van der Waals surface area contributed by atoms with E-state index in [2.05, 4.69) is 13.8 Å². The molecule has 0 radical (unpaired) electrons. The van der Waals surface area contributed by atoms with Crippen molar-refractivity contribution in [2.75, 3.05) is 40.1 Å². The van der Waals surface area contributed by atoms with Crippen molar-refractivity contribution in [1.82, 2.24) is 0 Å². The van der Waals surface area contributed by atoms with Gasteiger partial charge in [-0.05, 0) is 30.9 Å². The quantitative estimate of drug-likeness (QED) is 0.297. The SMILES string of the molecule is COCC(COc1ccccc1)OOCCCCOCC(C)C. The van der Waals surface area contributed by atoms with Gasteiger partial charge in [0.1, 0.15) is 18.5 Å². The Kier molecular flexibility index (Phi) is 11.5. The van der Waals surface area contributed by atoms with Gasteiger partial charge in [0.05, 0.1) is 13.2 Å². The van der Waals surface area contributed by atoms with Crippen LogP contribution in [0.25, 0.3) is 0 Å². The zero-order chi connectivity index (χ0) is 16.8. The summed E-state index contributed by atoms with van der Waals surface area (Å²) >= 11 is 0. The third kappa shape index (κ3) is 11.1. The van der Waals surface area contributed by atoms with Gasteiger partial charge in [0.15, 0.2) is 0 Å². The van der Waals surface area contributed by atoms with Gasteiger partial charge in [-0.2, -0.15) is 0 Å². The van der Waals surface area contributed by atoms with Gasteiger partial charge in [0.2, 0.25) is 0 Å². The molecule has 0 aliphatic carbocycles. The summed E-state index contributed by atoms with van der Waals surface area (Å²) in [4.78, 5) is 10.6. The third-order valence-electron chi connectivity index (χ3n) is 2.95. The second-order valence-electron chi connectivity index (χ2n) is 5.80. The van der Waals surface area contributed by atoms with Gasteiger partial charge in [-0.1, -0.05) is 32.0 Å². The topological polar surface area (TPSA) is 46.2 Å². The van der Waals surface area contributed by atoms with Crippen LogP contribution in [0.4, 0.5) is 0 Å². The van der Waals surface area contributed by atoms with E-state index in [-0.39, 0.29) is 6.10 Å². The van der Waals surface area contributed by atoms with Gasteiger partial charge in [0.25, 0.3) is 0 Å². The fourth-order valence-electron chi connectivity index (χ4n) is 1.82. The van der Waals surface area contributed by atoms with Crippen molar-refractivity contribution < 1.29 is 24.0 Å². The number of methoxy groups -OCH3 is 1. The summed E-state index contributed by atoms with van der Waals surface area (Å²) < 4.78 is 16.3. The Labute approximate surface area is 139 Å². The summed E-state index contributed by atoms with van der Waals surface area (Å²) in [5.41, 5.74) is 0. The Balaban J connectivity index is 2.06. The van der Waals surface area contributed by atoms with E-state index < -0.39 is 0 Å². The molecule has 0 aliphatic heterocycles. The van der Waals surface area contributed by atoms with E-state index in [4.69, 9.17) is 24.0 Å². The lowest BCUT2D eigenvalue weighted by molar-refractivity contribution is -0.333. The maximum Gasteiger partial charge on any atom is 0.150 e. The van der Waals surface area contributed by atoms with Gasteiger partial charge in [-0.25, -0.2) is 9.78 Å². The van der Waals surface area contributed by atoms with Crippen LogP contribution in [0.15, 0.2) is 30.3 Å². The minimum Gasteiger partial charge on any atom is -0.491 e. The molecule has 0 saturated heterocycles. The molecule has 1 atom stereocenters.